The highest BCUT2D eigenvalue weighted by Gasteiger charge is 2.29. The molecule has 162 valence electrons. The van der Waals surface area contributed by atoms with Crippen LogP contribution in [0.15, 0.2) is 82.9 Å². The molecule has 2 heterocycles. The molecular formula is C26H19ClN4O2. The number of benzene rings is 3. The largest absolute Gasteiger partial charge is 0.354 e. The van der Waals surface area contributed by atoms with Gasteiger partial charge < -0.3 is 4.98 Å². The molecule has 33 heavy (non-hydrogen) atoms. The van der Waals surface area contributed by atoms with Crippen LogP contribution in [0.25, 0.3) is 22.2 Å². The van der Waals surface area contributed by atoms with Crippen molar-refractivity contribution in [2.75, 3.05) is 0 Å². The quantitative estimate of drug-likeness (QED) is 0.304. The summed E-state index contributed by atoms with van der Waals surface area (Å²) in [6.07, 6.45) is 1.87. The molecule has 0 aliphatic carbocycles. The summed E-state index contributed by atoms with van der Waals surface area (Å²) in [5.74, 6) is -0.830. The van der Waals surface area contributed by atoms with E-state index < -0.39 is 5.91 Å². The fourth-order valence-electron chi connectivity index (χ4n) is 3.88. The molecule has 0 atom stereocenters. The standard InChI is InChI=1S/C26H19ClN4O2/c1-16-13-24(32)31(30-16)26(33)19-9-5-6-10-22(19)28-15-21-20-14-18(27)11-12-23(20)29-25(21)17-7-3-2-4-8-17/h2-12,14-15,29H,13H2,1H3. The lowest BCUT2D eigenvalue weighted by molar-refractivity contribution is -0.126. The number of halogens is 1. The van der Waals surface area contributed by atoms with Crippen LogP contribution in [0.2, 0.25) is 5.02 Å². The molecule has 6 nitrogen and oxygen atoms in total. The van der Waals surface area contributed by atoms with E-state index in [4.69, 9.17) is 11.6 Å². The highest BCUT2D eigenvalue weighted by molar-refractivity contribution is 6.31. The predicted octanol–water partition coefficient (Wildman–Crippen LogP) is 5.99. The Labute approximate surface area is 195 Å². The number of aromatic amines is 1. The van der Waals surface area contributed by atoms with E-state index in [1.165, 1.54) is 0 Å². The van der Waals surface area contributed by atoms with E-state index in [2.05, 4.69) is 15.1 Å². The fraction of sp³-hybridized carbons (Fsp3) is 0.0769. The molecule has 3 aromatic carbocycles. The van der Waals surface area contributed by atoms with E-state index in [1.807, 2.05) is 48.5 Å². The molecule has 1 N–H and O–H groups in total. The number of hydrogen-bond acceptors (Lipinski definition) is 4. The zero-order valence-electron chi connectivity index (χ0n) is 17.7. The van der Waals surface area contributed by atoms with Crippen molar-refractivity contribution in [2.24, 2.45) is 10.1 Å². The van der Waals surface area contributed by atoms with Gasteiger partial charge in [-0.1, -0.05) is 54.1 Å². The van der Waals surface area contributed by atoms with Crippen LogP contribution in [0.3, 0.4) is 0 Å². The predicted molar refractivity (Wildman–Crippen MR) is 131 cm³/mol. The Morgan fingerprint density at radius 1 is 1.09 bits per heavy atom. The minimum absolute atomic E-state index is 0.147. The lowest BCUT2D eigenvalue weighted by Crippen LogP contribution is -2.28. The maximum absolute atomic E-state index is 13.0. The highest BCUT2D eigenvalue weighted by Crippen LogP contribution is 2.32. The topological polar surface area (TPSA) is 77.9 Å². The van der Waals surface area contributed by atoms with E-state index >= 15 is 0 Å². The zero-order valence-corrected chi connectivity index (χ0v) is 18.5. The molecule has 0 spiro atoms. The number of aliphatic imine (C=N–C) groups is 1. The van der Waals surface area contributed by atoms with Gasteiger partial charge in [-0.15, -0.1) is 0 Å². The molecule has 2 amide bonds. The summed E-state index contributed by atoms with van der Waals surface area (Å²) < 4.78 is 0. The van der Waals surface area contributed by atoms with Crippen molar-refractivity contribution in [2.45, 2.75) is 13.3 Å². The maximum Gasteiger partial charge on any atom is 0.283 e. The Balaban J connectivity index is 1.60. The minimum atomic E-state index is -0.491. The normalized spacial score (nSPS) is 13.8. The van der Waals surface area contributed by atoms with Crippen molar-refractivity contribution in [3.05, 3.63) is 88.9 Å². The van der Waals surface area contributed by atoms with Crippen molar-refractivity contribution in [1.82, 2.24) is 9.99 Å². The number of carbonyl (C=O) groups is 2. The fourth-order valence-corrected chi connectivity index (χ4v) is 4.05. The number of aromatic nitrogens is 1. The number of hydrazone groups is 1. The molecule has 5 rings (SSSR count). The number of fused-ring (bicyclic) bond motifs is 1. The van der Waals surface area contributed by atoms with E-state index in [1.54, 1.807) is 37.4 Å². The van der Waals surface area contributed by atoms with Gasteiger partial charge in [0, 0.05) is 33.4 Å². The number of H-pyrrole nitrogens is 1. The lowest BCUT2D eigenvalue weighted by Gasteiger charge is -2.11. The molecule has 1 aromatic heterocycles. The Kier molecular flexibility index (Phi) is 5.36. The molecule has 1 aliphatic heterocycles. The van der Waals surface area contributed by atoms with E-state index in [-0.39, 0.29) is 12.3 Å². The van der Waals surface area contributed by atoms with Crippen LogP contribution >= 0.6 is 11.6 Å². The zero-order chi connectivity index (χ0) is 22.9. The summed E-state index contributed by atoms with van der Waals surface area (Å²) in [7, 11) is 0. The van der Waals surface area contributed by atoms with Crippen molar-refractivity contribution in [3.8, 4) is 11.3 Å². The first-order valence-electron chi connectivity index (χ1n) is 10.4. The number of nitrogens with zero attached hydrogens (tertiary/aromatic N) is 3. The summed E-state index contributed by atoms with van der Waals surface area (Å²) in [4.78, 5) is 33.3. The van der Waals surface area contributed by atoms with E-state index in [9.17, 15) is 9.59 Å². The van der Waals surface area contributed by atoms with Crippen LogP contribution in [-0.2, 0) is 4.79 Å². The van der Waals surface area contributed by atoms with Gasteiger partial charge in [-0.05, 0) is 42.8 Å². The smallest absolute Gasteiger partial charge is 0.283 e. The van der Waals surface area contributed by atoms with Crippen LogP contribution in [-0.4, -0.2) is 33.7 Å². The Morgan fingerprint density at radius 2 is 1.85 bits per heavy atom. The van der Waals surface area contributed by atoms with Crippen LogP contribution in [0.4, 0.5) is 5.69 Å². The summed E-state index contributed by atoms with van der Waals surface area (Å²) in [5, 5.41) is 6.54. The molecule has 7 heteroatoms. The van der Waals surface area contributed by atoms with Gasteiger partial charge >= 0.3 is 0 Å². The first-order chi connectivity index (χ1) is 16.0. The number of para-hydroxylation sites is 1. The number of rotatable bonds is 4. The van der Waals surface area contributed by atoms with Crippen molar-refractivity contribution < 1.29 is 9.59 Å². The molecule has 0 fully saturated rings. The molecule has 0 unspecified atom stereocenters. The van der Waals surface area contributed by atoms with E-state index in [0.717, 1.165) is 32.7 Å². The first-order valence-corrected chi connectivity index (χ1v) is 10.8. The molecule has 0 radical (unpaired) electrons. The van der Waals surface area contributed by atoms with Crippen LogP contribution < -0.4 is 0 Å². The van der Waals surface area contributed by atoms with Gasteiger partial charge in [0.05, 0.1) is 23.4 Å². The van der Waals surface area contributed by atoms with Crippen LogP contribution in [0.5, 0.6) is 0 Å². The molecular weight excluding hydrogens is 436 g/mol. The second kappa shape index (κ2) is 8.48. The van der Waals surface area contributed by atoms with Crippen LogP contribution in [0, 0.1) is 0 Å². The highest BCUT2D eigenvalue weighted by atomic mass is 35.5. The summed E-state index contributed by atoms with van der Waals surface area (Å²) >= 11 is 6.28. The molecule has 4 aromatic rings. The molecule has 0 bridgehead atoms. The summed E-state index contributed by atoms with van der Waals surface area (Å²) in [5.41, 5.74) is 5.05. The second-order valence-electron chi connectivity index (χ2n) is 7.77. The van der Waals surface area contributed by atoms with Gasteiger partial charge in [0.25, 0.3) is 11.8 Å². The number of imide groups is 1. The third kappa shape index (κ3) is 3.97. The van der Waals surface area contributed by atoms with E-state index in [0.29, 0.717) is 22.0 Å². The number of nitrogens with one attached hydrogen (secondary N) is 1. The van der Waals surface area contributed by atoms with Gasteiger partial charge in [-0.3, -0.25) is 14.6 Å². The third-order valence-corrected chi connectivity index (χ3v) is 5.67. The second-order valence-corrected chi connectivity index (χ2v) is 8.20. The minimum Gasteiger partial charge on any atom is -0.354 e. The molecule has 1 aliphatic rings. The van der Waals surface area contributed by atoms with Gasteiger partial charge in [0.1, 0.15) is 0 Å². The number of hydrogen-bond donors (Lipinski definition) is 1. The molecule has 0 saturated heterocycles. The SMILES string of the molecule is CC1=NN(C(=O)c2ccccc2N=Cc2c(-c3ccccc3)[nH]c3ccc(Cl)cc23)C(=O)C1. The van der Waals surface area contributed by atoms with Crippen molar-refractivity contribution in [1.29, 1.82) is 0 Å². The van der Waals surface area contributed by atoms with Crippen molar-refractivity contribution >= 4 is 51.9 Å². The monoisotopic (exact) mass is 454 g/mol. The summed E-state index contributed by atoms with van der Waals surface area (Å²) in [6.45, 7) is 1.72. The number of amides is 2. The van der Waals surface area contributed by atoms with Gasteiger partial charge in [0.15, 0.2) is 0 Å². The Hall–Kier alpha value is -4.03. The average Bonchev–Trinajstić information content (AvgIpc) is 3.36. The average molecular weight is 455 g/mol. The first kappa shape index (κ1) is 20.8. The summed E-state index contributed by atoms with van der Waals surface area (Å²) in [6, 6.07) is 22.5. The third-order valence-electron chi connectivity index (χ3n) is 5.44. The Morgan fingerprint density at radius 3 is 2.61 bits per heavy atom. The van der Waals surface area contributed by atoms with Crippen molar-refractivity contribution in [3.63, 3.8) is 0 Å². The van der Waals surface area contributed by atoms with Gasteiger partial charge in [-0.25, -0.2) is 0 Å². The number of carbonyl (C=O) groups excluding carboxylic acids is 2. The van der Waals surface area contributed by atoms with Gasteiger partial charge in [-0.2, -0.15) is 10.1 Å². The Bertz CT molecular complexity index is 1450. The molecule has 0 saturated carbocycles. The van der Waals surface area contributed by atoms with Crippen LogP contribution in [0.1, 0.15) is 29.3 Å². The lowest BCUT2D eigenvalue weighted by atomic mass is 10.1. The van der Waals surface area contributed by atoms with Gasteiger partial charge in [0.2, 0.25) is 0 Å². The maximum atomic E-state index is 13.0.